The number of tetrazole rings is 1. The second-order valence-corrected chi connectivity index (χ2v) is 11.8. The Morgan fingerprint density at radius 3 is 2.17 bits per heavy atom. The highest BCUT2D eigenvalue weighted by Crippen LogP contribution is 2.41. The van der Waals surface area contributed by atoms with Gasteiger partial charge in [-0.15, -0.1) is 5.10 Å². The Hall–Kier alpha value is -4.99. The highest BCUT2D eigenvalue weighted by Gasteiger charge is 2.38. The van der Waals surface area contributed by atoms with Crippen molar-refractivity contribution in [2.24, 2.45) is 0 Å². The van der Waals surface area contributed by atoms with Gasteiger partial charge in [0.1, 0.15) is 0 Å². The number of carbonyl (C=O) groups is 2. The van der Waals surface area contributed by atoms with Gasteiger partial charge in [-0.3, -0.25) is 14.5 Å². The Labute approximate surface area is 269 Å². The topological polar surface area (TPSA) is 105 Å². The fourth-order valence-electron chi connectivity index (χ4n) is 6.38. The maximum atomic E-state index is 13.8. The average molecular weight is 672 g/mol. The summed E-state index contributed by atoms with van der Waals surface area (Å²) < 4.78 is 88.4. The lowest BCUT2D eigenvalue weighted by atomic mass is 9.95. The molecule has 1 aromatic heterocycles. The maximum Gasteiger partial charge on any atom is 0.416 e. The molecule has 48 heavy (non-hydrogen) atoms. The number of anilines is 2. The van der Waals surface area contributed by atoms with Crippen LogP contribution in [0.15, 0.2) is 54.6 Å². The molecular weight excluding hydrogens is 644 g/mol. The van der Waals surface area contributed by atoms with Crippen LogP contribution in [0.4, 0.5) is 38.0 Å². The largest absolute Gasteiger partial charge is 0.416 e. The third-order valence-electron chi connectivity index (χ3n) is 8.69. The van der Waals surface area contributed by atoms with E-state index < -0.39 is 47.9 Å². The summed E-state index contributed by atoms with van der Waals surface area (Å²) in [7, 11) is 0. The zero-order valence-electron chi connectivity index (χ0n) is 25.1. The molecule has 4 heterocycles. The molecule has 16 heteroatoms. The van der Waals surface area contributed by atoms with Crippen molar-refractivity contribution in [2.45, 2.75) is 57.5 Å². The zero-order chi connectivity index (χ0) is 33.8. The number of nitrogens with zero attached hydrogens (tertiary/aromatic N) is 6. The van der Waals surface area contributed by atoms with Crippen molar-refractivity contribution in [3.63, 3.8) is 0 Å². The summed E-state index contributed by atoms with van der Waals surface area (Å²) in [4.78, 5) is 29.4. The molecule has 0 fully saturated rings. The summed E-state index contributed by atoms with van der Waals surface area (Å²) in [5.41, 5.74) is 0.896. The monoisotopic (exact) mass is 671 g/mol. The van der Waals surface area contributed by atoms with E-state index in [4.69, 9.17) is 4.74 Å². The summed E-state index contributed by atoms with van der Waals surface area (Å²) in [6.07, 6.45) is -8.95. The minimum atomic E-state index is -5.02. The molecule has 0 unspecified atom stereocenters. The van der Waals surface area contributed by atoms with Crippen molar-refractivity contribution in [3.8, 4) is 0 Å². The molecule has 1 N–H and O–H groups in total. The Kier molecular flexibility index (Phi) is 7.84. The second-order valence-electron chi connectivity index (χ2n) is 11.8. The van der Waals surface area contributed by atoms with E-state index in [1.807, 2.05) is 12.1 Å². The second kappa shape index (κ2) is 11.9. The highest BCUT2D eigenvalue weighted by atomic mass is 19.4. The molecule has 10 nitrogen and oxygen atoms in total. The van der Waals surface area contributed by atoms with Crippen LogP contribution in [0.2, 0.25) is 0 Å². The Morgan fingerprint density at radius 2 is 1.52 bits per heavy atom. The molecule has 0 aliphatic carbocycles. The molecule has 2 amide bonds. The van der Waals surface area contributed by atoms with Gasteiger partial charge in [-0.25, -0.2) is 0 Å². The van der Waals surface area contributed by atoms with E-state index in [9.17, 15) is 35.9 Å². The molecule has 0 saturated heterocycles. The van der Waals surface area contributed by atoms with E-state index in [1.165, 1.54) is 0 Å². The minimum absolute atomic E-state index is 0.0436. The fraction of sp³-hybridized carbons (Fsp3) is 0.344. The number of halogens is 6. The first-order valence-corrected chi connectivity index (χ1v) is 15.1. The van der Waals surface area contributed by atoms with Crippen LogP contribution in [0.5, 0.6) is 0 Å². The van der Waals surface area contributed by atoms with Gasteiger partial charge >= 0.3 is 12.4 Å². The van der Waals surface area contributed by atoms with E-state index in [0.29, 0.717) is 44.7 Å². The van der Waals surface area contributed by atoms with Gasteiger partial charge in [-0.1, -0.05) is 17.2 Å². The summed E-state index contributed by atoms with van der Waals surface area (Å²) in [6.45, 7) is 0.818. The Balaban J connectivity index is 1.24. The third kappa shape index (κ3) is 5.95. The number of amides is 2. The van der Waals surface area contributed by atoms with E-state index in [-0.39, 0.29) is 41.8 Å². The number of benzene rings is 3. The molecule has 3 aliphatic rings. The molecule has 3 aliphatic heterocycles. The average Bonchev–Trinajstić information content (AvgIpc) is 3.72. The molecule has 1 atom stereocenters. The quantitative estimate of drug-likeness (QED) is 0.189. The molecule has 0 radical (unpaired) electrons. The van der Waals surface area contributed by atoms with E-state index in [1.54, 1.807) is 29.2 Å². The third-order valence-corrected chi connectivity index (χ3v) is 8.69. The molecule has 0 saturated carbocycles. The van der Waals surface area contributed by atoms with Crippen LogP contribution < -0.4 is 10.2 Å². The first kappa shape index (κ1) is 31.6. The van der Waals surface area contributed by atoms with E-state index in [2.05, 4.69) is 20.7 Å². The van der Waals surface area contributed by atoms with Crippen molar-refractivity contribution < 1.29 is 40.7 Å². The highest BCUT2D eigenvalue weighted by molar-refractivity contribution is 6.21. The Bertz CT molecular complexity index is 1840. The number of rotatable bonds is 7. The van der Waals surface area contributed by atoms with Crippen molar-refractivity contribution in [1.29, 1.82) is 0 Å². The lowest BCUT2D eigenvalue weighted by Crippen LogP contribution is -2.33. The first-order valence-electron chi connectivity index (χ1n) is 15.1. The van der Waals surface area contributed by atoms with Crippen LogP contribution in [0.25, 0.3) is 0 Å². The van der Waals surface area contributed by atoms with Gasteiger partial charge in [0.05, 0.1) is 54.6 Å². The van der Waals surface area contributed by atoms with Crippen molar-refractivity contribution in [3.05, 3.63) is 99.1 Å². The summed E-state index contributed by atoms with van der Waals surface area (Å²) in [5.74, 6) is -0.985. The summed E-state index contributed by atoms with van der Waals surface area (Å²) >= 11 is 0. The van der Waals surface area contributed by atoms with Gasteiger partial charge in [-0.05, 0) is 82.8 Å². The normalized spacial score (nSPS) is 17.5. The smallest absolute Gasteiger partial charge is 0.385 e. The van der Waals surface area contributed by atoms with Crippen LogP contribution in [0.3, 0.4) is 0 Å². The fourth-order valence-corrected chi connectivity index (χ4v) is 6.38. The number of hydrogen-bond donors (Lipinski definition) is 1. The lowest BCUT2D eigenvalue weighted by molar-refractivity contribution is -0.143. The van der Waals surface area contributed by atoms with Gasteiger partial charge in [0.15, 0.2) is 0 Å². The predicted octanol–water partition coefficient (Wildman–Crippen LogP) is 5.99. The van der Waals surface area contributed by atoms with Crippen molar-refractivity contribution in [1.82, 2.24) is 25.1 Å². The number of imide groups is 1. The number of fused-ring (bicyclic) bond motifs is 3. The number of ether oxygens (including phenoxy) is 1. The lowest BCUT2D eigenvalue weighted by Gasteiger charge is -2.32. The zero-order valence-corrected chi connectivity index (χ0v) is 25.1. The van der Waals surface area contributed by atoms with Gasteiger partial charge in [0.25, 0.3) is 17.8 Å². The number of hydrogen-bond acceptors (Lipinski definition) is 8. The van der Waals surface area contributed by atoms with Gasteiger partial charge in [-0.2, -0.15) is 31.1 Å². The van der Waals surface area contributed by atoms with Gasteiger partial charge in [0, 0.05) is 18.8 Å². The number of carbonyl (C=O) groups excluding carboxylic acids is 2. The van der Waals surface area contributed by atoms with E-state index >= 15 is 0 Å². The van der Waals surface area contributed by atoms with Gasteiger partial charge < -0.3 is 15.0 Å². The summed E-state index contributed by atoms with van der Waals surface area (Å²) in [5, 5.41) is 16.0. The number of alkyl halides is 6. The maximum absolute atomic E-state index is 13.8. The first-order chi connectivity index (χ1) is 22.9. The molecule has 4 aromatic rings. The van der Waals surface area contributed by atoms with Crippen LogP contribution in [0, 0.1) is 0 Å². The number of aromatic nitrogens is 4. The van der Waals surface area contributed by atoms with E-state index in [0.717, 1.165) is 32.1 Å². The molecular formula is C32H27F6N7O3. The molecule has 250 valence electrons. The molecule has 3 aromatic carbocycles. The Morgan fingerprint density at radius 1 is 0.875 bits per heavy atom. The van der Waals surface area contributed by atoms with Crippen LogP contribution in [-0.2, 0) is 43.4 Å². The molecule has 0 spiro atoms. The SMILES string of the molecule is O=C1c2ccccc2C(=O)N1CCn1nnc(N(Cc2cc(C(F)(F)F)cc(C(F)(F)F)c2)[C@H]2CCCNc3cc4c(cc32)COC4)n1. The molecule has 7 rings (SSSR count). The molecule has 0 bridgehead atoms. The van der Waals surface area contributed by atoms with Crippen LogP contribution >= 0.6 is 0 Å². The van der Waals surface area contributed by atoms with Crippen molar-refractivity contribution >= 4 is 23.5 Å². The predicted molar refractivity (Wildman–Crippen MR) is 158 cm³/mol. The van der Waals surface area contributed by atoms with Crippen molar-refractivity contribution in [2.75, 3.05) is 23.3 Å². The van der Waals surface area contributed by atoms with Crippen LogP contribution in [-0.4, -0.2) is 50.0 Å². The van der Waals surface area contributed by atoms with Gasteiger partial charge in [0.2, 0.25) is 0 Å². The number of nitrogens with one attached hydrogen (secondary N) is 1. The minimum Gasteiger partial charge on any atom is -0.385 e. The standard InChI is InChI=1S/C32H27F6N7O3/c33-31(34,35)21-10-18(11-22(14-21)32(36,37)38)15-44(27-6-3-7-39-26-13-20-17-48-16-19(20)12-25(26)27)30-40-42-45(41-30)9-8-43-28(46)23-4-1-2-5-24(23)29(43)47/h1-2,4-5,10-14,27,39H,3,6-9,15-17H2/t27-/m0/s1. The van der Waals surface area contributed by atoms with Crippen LogP contribution in [0.1, 0.15) is 73.0 Å². The summed E-state index contributed by atoms with van der Waals surface area (Å²) in [6, 6.07) is 11.2.